The maximum Gasteiger partial charge on any atom is 0.0940 e. The van der Waals surface area contributed by atoms with Crippen molar-refractivity contribution in [3.8, 4) is 11.1 Å². The maximum absolute atomic E-state index is 10.2. The highest BCUT2D eigenvalue weighted by atomic mass is 16.3. The predicted molar refractivity (Wildman–Crippen MR) is 81.4 cm³/mol. The lowest BCUT2D eigenvalue weighted by molar-refractivity contribution is 0.132. The van der Waals surface area contributed by atoms with Crippen LogP contribution in [0.4, 0.5) is 0 Å². The van der Waals surface area contributed by atoms with Crippen LogP contribution in [-0.2, 0) is 0 Å². The van der Waals surface area contributed by atoms with Gasteiger partial charge >= 0.3 is 0 Å². The molecule has 0 heterocycles. The first-order valence-electron chi connectivity index (χ1n) is 6.90. The Kier molecular flexibility index (Phi) is 5.30. The number of hydrogen-bond acceptors (Lipinski definition) is 3. The molecule has 0 bridgehead atoms. The molecule has 0 aliphatic rings. The van der Waals surface area contributed by atoms with E-state index in [1.54, 1.807) is 0 Å². The molecule has 0 saturated carbocycles. The van der Waals surface area contributed by atoms with Gasteiger partial charge in [0.15, 0.2) is 0 Å². The molecule has 0 saturated heterocycles. The number of benzene rings is 2. The lowest BCUT2D eigenvalue weighted by atomic mass is 9.99. The molecule has 106 valence electrons. The zero-order valence-electron chi connectivity index (χ0n) is 11.7. The molecule has 20 heavy (non-hydrogen) atoms. The summed E-state index contributed by atoms with van der Waals surface area (Å²) in [5, 5.41) is 22.1. The summed E-state index contributed by atoms with van der Waals surface area (Å²) >= 11 is 0. The Labute approximate surface area is 119 Å². The quantitative estimate of drug-likeness (QED) is 0.756. The summed E-state index contributed by atoms with van der Waals surface area (Å²) in [5.41, 5.74) is 3.18. The molecule has 0 aliphatic carbocycles. The van der Waals surface area contributed by atoms with Gasteiger partial charge in [-0.2, -0.15) is 0 Å². The number of aliphatic hydroxyl groups is 2. The van der Waals surface area contributed by atoms with E-state index in [-0.39, 0.29) is 12.6 Å². The zero-order valence-corrected chi connectivity index (χ0v) is 11.7. The molecule has 3 heteroatoms. The van der Waals surface area contributed by atoms with Gasteiger partial charge in [0.1, 0.15) is 0 Å². The molecule has 0 aliphatic heterocycles. The van der Waals surface area contributed by atoms with Crippen molar-refractivity contribution in [2.24, 2.45) is 0 Å². The maximum atomic E-state index is 10.2. The molecule has 3 N–H and O–H groups in total. The van der Waals surface area contributed by atoms with E-state index in [1.165, 1.54) is 5.56 Å². The van der Waals surface area contributed by atoms with Crippen molar-refractivity contribution >= 4 is 0 Å². The van der Waals surface area contributed by atoms with Crippen LogP contribution in [0.1, 0.15) is 18.6 Å². The summed E-state index contributed by atoms with van der Waals surface area (Å²) in [7, 11) is 0. The summed E-state index contributed by atoms with van der Waals surface area (Å²) in [4.78, 5) is 0. The summed E-state index contributed by atoms with van der Waals surface area (Å²) in [6.07, 6.45) is -0.577. The highest BCUT2D eigenvalue weighted by Crippen LogP contribution is 2.23. The fourth-order valence-electron chi connectivity index (χ4n) is 2.20. The standard InChI is InChI=1S/C17H21NO2/c1-13(18-11-12-19)17(20)16-9-7-15(8-10-16)14-5-3-2-4-6-14/h2-10,13,17-20H,11-12H2,1H3. The normalized spacial score (nSPS) is 13.9. The minimum Gasteiger partial charge on any atom is -0.395 e. The zero-order chi connectivity index (χ0) is 14.4. The van der Waals surface area contributed by atoms with Crippen LogP contribution in [0.2, 0.25) is 0 Å². The van der Waals surface area contributed by atoms with Crippen LogP contribution in [0, 0.1) is 0 Å². The second-order valence-corrected chi connectivity index (χ2v) is 4.90. The Morgan fingerprint density at radius 1 is 0.950 bits per heavy atom. The Morgan fingerprint density at radius 2 is 1.55 bits per heavy atom. The third kappa shape index (κ3) is 3.67. The van der Waals surface area contributed by atoms with Gasteiger partial charge in [-0.05, 0) is 23.6 Å². The summed E-state index contributed by atoms with van der Waals surface area (Å²) in [6, 6.07) is 18.0. The predicted octanol–water partition coefficient (Wildman–Crippen LogP) is 2.36. The first-order chi connectivity index (χ1) is 9.72. The van der Waals surface area contributed by atoms with Gasteiger partial charge < -0.3 is 15.5 Å². The van der Waals surface area contributed by atoms with Crippen molar-refractivity contribution in [1.82, 2.24) is 5.32 Å². The van der Waals surface area contributed by atoms with Crippen molar-refractivity contribution in [2.75, 3.05) is 13.2 Å². The third-order valence-corrected chi connectivity index (χ3v) is 3.41. The second-order valence-electron chi connectivity index (χ2n) is 4.90. The van der Waals surface area contributed by atoms with E-state index in [0.717, 1.165) is 11.1 Å². The fourth-order valence-corrected chi connectivity index (χ4v) is 2.20. The van der Waals surface area contributed by atoms with Crippen molar-refractivity contribution in [2.45, 2.75) is 19.1 Å². The van der Waals surface area contributed by atoms with Gasteiger partial charge in [-0.1, -0.05) is 54.6 Å². The Morgan fingerprint density at radius 3 is 2.15 bits per heavy atom. The van der Waals surface area contributed by atoms with Crippen LogP contribution < -0.4 is 5.32 Å². The Bertz CT molecular complexity index is 510. The van der Waals surface area contributed by atoms with E-state index in [2.05, 4.69) is 17.4 Å². The van der Waals surface area contributed by atoms with Gasteiger partial charge in [-0.25, -0.2) is 0 Å². The molecule has 0 aromatic heterocycles. The highest BCUT2D eigenvalue weighted by Gasteiger charge is 2.15. The number of hydrogen-bond donors (Lipinski definition) is 3. The van der Waals surface area contributed by atoms with Crippen LogP contribution in [-0.4, -0.2) is 29.4 Å². The molecule has 0 amide bonds. The largest absolute Gasteiger partial charge is 0.395 e. The molecule has 2 atom stereocenters. The van der Waals surface area contributed by atoms with E-state index >= 15 is 0 Å². The number of rotatable bonds is 6. The van der Waals surface area contributed by atoms with Gasteiger partial charge in [0.05, 0.1) is 12.7 Å². The molecular formula is C17H21NO2. The Hall–Kier alpha value is -1.68. The van der Waals surface area contributed by atoms with E-state index in [4.69, 9.17) is 5.11 Å². The SMILES string of the molecule is CC(NCCO)C(O)c1ccc(-c2ccccc2)cc1. The minimum absolute atomic E-state index is 0.0734. The second kappa shape index (κ2) is 7.20. The van der Waals surface area contributed by atoms with Crippen LogP contribution >= 0.6 is 0 Å². The van der Waals surface area contributed by atoms with E-state index in [1.807, 2.05) is 49.4 Å². The van der Waals surface area contributed by atoms with E-state index < -0.39 is 6.10 Å². The molecule has 0 spiro atoms. The van der Waals surface area contributed by atoms with Crippen LogP contribution in [0.15, 0.2) is 54.6 Å². The van der Waals surface area contributed by atoms with Crippen molar-refractivity contribution in [3.63, 3.8) is 0 Å². The monoisotopic (exact) mass is 271 g/mol. The van der Waals surface area contributed by atoms with Crippen LogP contribution in [0.5, 0.6) is 0 Å². The third-order valence-electron chi connectivity index (χ3n) is 3.41. The molecular weight excluding hydrogens is 250 g/mol. The lowest BCUT2D eigenvalue weighted by Gasteiger charge is -2.20. The van der Waals surface area contributed by atoms with Gasteiger partial charge in [0, 0.05) is 12.6 Å². The molecule has 0 fully saturated rings. The van der Waals surface area contributed by atoms with E-state index in [0.29, 0.717) is 6.54 Å². The average Bonchev–Trinajstić information content (AvgIpc) is 2.53. The summed E-state index contributed by atoms with van der Waals surface area (Å²) < 4.78 is 0. The molecule has 2 aromatic carbocycles. The lowest BCUT2D eigenvalue weighted by Crippen LogP contribution is -2.34. The highest BCUT2D eigenvalue weighted by molar-refractivity contribution is 5.63. The van der Waals surface area contributed by atoms with Crippen molar-refractivity contribution in [3.05, 3.63) is 60.2 Å². The molecule has 3 nitrogen and oxygen atoms in total. The Balaban J connectivity index is 2.08. The van der Waals surface area contributed by atoms with Crippen LogP contribution in [0.25, 0.3) is 11.1 Å². The molecule has 0 radical (unpaired) electrons. The van der Waals surface area contributed by atoms with Gasteiger partial charge in [0.2, 0.25) is 0 Å². The average molecular weight is 271 g/mol. The summed E-state index contributed by atoms with van der Waals surface area (Å²) in [5.74, 6) is 0. The van der Waals surface area contributed by atoms with Gasteiger partial charge in [-0.15, -0.1) is 0 Å². The van der Waals surface area contributed by atoms with Crippen molar-refractivity contribution < 1.29 is 10.2 Å². The number of nitrogens with one attached hydrogen (secondary N) is 1. The first-order valence-corrected chi connectivity index (χ1v) is 6.90. The molecule has 2 rings (SSSR count). The molecule has 2 unspecified atom stereocenters. The minimum atomic E-state index is -0.577. The van der Waals surface area contributed by atoms with E-state index in [9.17, 15) is 5.11 Å². The van der Waals surface area contributed by atoms with Crippen molar-refractivity contribution in [1.29, 1.82) is 0 Å². The van der Waals surface area contributed by atoms with Gasteiger partial charge in [-0.3, -0.25) is 0 Å². The molecule has 2 aromatic rings. The topological polar surface area (TPSA) is 52.5 Å². The fraction of sp³-hybridized carbons (Fsp3) is 0.294. The smallest absolute Gasteiger partial charge is 0.0940 e. The first kappa shape index (κ1) is 14.7. The number of aliphatic hydroxyl groups excluding tert-OH is 2. The van der Waals surface area contributed by atoms with Gasteiger partial charge in [0.25, 0.3) is 0 Å². The summed E-state index contributed by atoms with van der Waals surface area (Å²) in [6.45, 7) is 2.47. The van der Waals surface area contributed by atoms with Crippen LogP contribution in [0.3, 0.4) is 0 Å².